The monoisotopic (exact) mass is 278 g/mol. The lowest BCUT2D eigenvalue weighted by atomic mass is 10.2. The molecule has 0 aliphatic heterocycles. The lowest BCUT2D eigenvalue weighted by Gasteiger charge is -2.10. The first-order valence-corrected chi connectivity index (χ1v) is 6.18. The molecule has 3 N–H and O–H groups in total. The van der Waals surface area contributed by atoms with E-state index in [4.69, 9.17) is 17.3 Å². The second-order valence-electron chi connectivity index (χ2n) is 4.32. The molecule has 1 amide bonds. The van der Waals surface area contributed by atoms with Crippen LogP contribution in [0.5, 0.6) is 0 Å². The average Bonchev–Trinajstić information content (AvgIpc) is 2.66. The summed E-state index contributed by atoms with van der Waals surface area (Å²) in [5, 5.41) is 3.27. The maximum absolute atomic E-state index is 11.9. The van der Waals surface area contributed by atoms with Crippen molar-refractivity contribution in [1.82, 2.24) is 9.55 Å². The van der Waals surface area contributed by atoms with Gasteiger partial charge in [-0.2, -0.15) is 0 Å². The second kappa shape index (κ2) is 5.32. The van der Waals surface area contributed by atoms with Crippen LogP contribution in [0.1, 0.15) is 11.4 Å². The normalized spacial score (nSPS) is 10.5. The maximum atomic E-state index is 11.9. The van der Waals surface area contributed by atoms with E-state index < -0.39 is 0 Å². The highest BCUT2D eigenvalue weighted by atomic mass is 35.5. The average molecular weight is 279 g/mol. The third-order valence-corrected chi connectivity index (χ3v) is 3.18. The van der Waals surface area contributed by atoms with Crippen LogP contribution in [0.4, 0.5) is 11.4 Å². The third kappa shape index (κ3) is 3.06. The number of nitrogens with zero attached hydrogens (tertiary/aromatic N) is 2. The predicted molar refractivity (Wildman–Crippen MR) is 76.2 cm³/mol. The second-order valence-corrected chi connectivity index (χ2v) is 4.76. The first kappa shape index (κ1) is 13.4. The van der Waals surface area contributed by atoms with Crippen molar-refractivity contribution in [3.05, 3.63) is 40.9 Å². The number of nitrogens with two attached hydrogens (primary N) is 1. The molecule has 19 heavy (non-hydrogen) atoms. The van der Waals surface area contributed by atoms with Gasteiger partial charge in [-0.05, 0) is 32.0 Å². The van der Waals surface area contributed by atoms with Gasteiger partial charge in [0.25, 0.3) is 0 Å². The Hall–Kier alpha value is -2.01. The van der Waals surface area contributed by atoms with Crippen molar-refractivity contribution in [3.63, 3.8) is 0 Å². The number of hydrogen-bond donors (Lipinski definition) is 2. The number of amides is 1. The summed E-state index contributed by atoms with van der Waals surface area (Å²) in [6, 6.07) is 4.96. The summed E-state index contributed by atoms with van der Waals surface area (Å²) in [6.07, 6.45) is 1.64. The molecule has 0 unspecified atom stereocenters. The van der Waals surface area contributed by atoms with Crippen LogP contribution in [-0.2, 0) is 11.3 Å². The van der Waals surface area contributed by atoms with Crippen LogP contribution in [-0.4, -0.2) is 15.5 Å². The molecule has 0 radical (unpaired) electrons. The number of rotatable bonds is 3. The SMILES string of the molecule is Cc1ncn(CC(=O)Nc2cc(Cl)ccc2N)c1C. The van der Waals surface area contributed by atoms with Gasteiger partial charge >= 0.3 is 0 Å². The number of anilines is 2. The van der Waals surface area contributed by atoms with E-state index in [0.717, 1.165) is 11.4 Å². The molecule has 0 atom stereocenters. The molecule has 5 nitrogen and oxygen atoms in total. The van der Waals surface area contributed by atoms with E-state index in [-0.39, 0.29) is 12.5 Å². The van der Waals surface area contributed by atoms with Crippen molar-refractivity contribution >= 4 is 28.9 Å². The summed E-state index contributed by atoms with van der Waals surface area (Å²) in [4.78, 5) is 16.1. The summed E-state index contributed by atoms with van der Waals surface area (Å²) in [5.74, 6) is -0.172. The molecule has 6 heteroatoms. The van der Waals surface area contributed by atoms with Crippen LogP contribution in [0.3, 0.4) is 0 Å². The molecule has 1 heterocycles. The number of imidazole rings is 1. The van der Waals surface area contributed by atoms with Gasteiger partial charge in [-0.3, -0.25) is 4.79 Å². The van der Waals surface area contributed by atoms with E-state index in [9.17, 15) is 4.79 Å². The van der Waals surface area contributed by atoms with Gasteiger partial charge in [-0.25, -0.2) is 4.98 Å². The number of aromatic nitrogens is 2. The fourth-order valence-corrected chi connectivity index (χ4v) is 1.86. The quantitative estimate of drug-likeness (QED) is 0.847. The minimum absolute atomic E-state index is 0.172. The standard InChI is InChI=1S/C13H15ClN4O/c1-8-9(2)18(7-16-8)6-13(19)17-12-5-10(14)3-4-11(12)15/h3-5,7H,6,15H2,1-2H3,(H,17,19). The highest BCUT2D eigenvalue weighted by Gasteiger charge is 2.09. The Labute approximate surface area is 116 Å². The minimum atomic E-state index is -0.172. The number of aryl methyl sites for hydroxylation is 1. The lowest BCUT2D eigenvalue weighted by molar-refractivity contribution is -0.116. The summed E-state index contributed by atoms with van der Waals surface area (Å²) >= 11 is 5.87. The van der Waals surface area contributed by atoms with Crippen molar-refractivity contribution in [1.29, 1.82) is 0 Å². The molecule has 0 saturated carbocycles. The zero-order valence-corrected chi connectivity index (χ0v) is 11.5. The first-order valence-electron chi connectivity index (χ1n) is 5.80. The number of benzene rings is 1. The van der Waals surface area contributed by atoms with Crippen molar-refractivity contribution in [3.8, 4) is 0 Å². The molecule has 2 rings (SSSR count). The van der Waals surface area contributed by atoms with Gasteiger partial charge in [-0.15, -0.1) is 0 Å². The molecule has 100 valence electrons. The van der Waals surface area contributed by atoms with Gasteiger partial charge in [0.05, 0.1) is 23.4 Å². The highest BCUT2D eigenvalue weighted by molar-refractivity contribution is 6.31. The Balaban J connectivity index is 2.09. The molecule has 0 aliphatic carbocycles. The minimum Gasteiger partial charge on any atom is -0.397 e. The molecule has 0 aliphatic rings. The van der Waals surface area contributed by atoms with Crippen molar-refractivity contribution in [2.75, 3.05) is 11.1 Å². The molecular formula is C13H15ClN4O. The summed E-state index contributed by atoms with van der Waals surface area (Å²) in [7, 11) is 0. The van der Waals surface area contributed by atoms with Crippen molar-refractivity contribution in [2.24, 2.45) is 0 Å². The molecule has 1 aromatic carbocycles. The Morgan fingerprint density at radius 2 is 2.21 bits per heavy atom. The van der Waals surface area contributed by atoms with Gasteiger partial charge in [0.1, 0.15) is 6.54 Å². The Kier molecular flexibility index (Phi) is 3.76. The molecule has 0 fully saturated rings. The maximum Gasteiger partial charge on any atom is 0.244 e. The number of carbonyl (C=O) groups excluding carboxylic acids is 1. The topological polar surface area (TPSA) is 72.9 Å². The zero-order chi connectivity index (χ0) is 14.0. The molecule has 0 saturated heterocycles. The van der Waals surface area contributed by atoms with Crippen LogP contribution in [0.25, 0.3) is 0 Å². The van der Waals surface area contributed by atoms with Gasteiger partial charge in [0.15, 0.2) is 0 Å². The first-order chi connectivity index (χ1) is 8.97. The number of halogens is 1. The smallest absolute Gasteiger partial charge is 0.244 e. The van der Waals surface area contributed by atoms with Crippen molar-refractivity contribution in [2.45, 2.75) is 20.4 Å². The Morgan fingerprint density at radius 1 is 1.47 bits per heavy atom. The van der Waals surface area contributed by atoms with Gasteiger partial charge < -0.3 is 15.6 Å². The van der Waals surface area contributed by atoms with Gasteiger partial charge in [0, 0.05) is 10.7 Å². The fourth-order valence-electron chi connectivity index (χ4n) is 1.68. The highest BCUT2D eigenvalue weighted by Crippen LogP contribution is 2.22. The van der Waals surface area contributed by atoms with Gasteiger partial charge in [0.2, 0.25) is 5.91 Å². The van der Waals surface area contributed by atoms with Crippen LogP contribution < -0.4 is 11.1 Å². The van der Waals surface area contributed by atoms with Crippen LogP contribution in [0.15, 0.2) is 24.5 Å². The zero-order valence-electron chi connectivity index (χ0n) is 10.8. The summed E-state index contributed by atoms with van der Waals surface area (Å²) in [5.41, 5.74) is 8.65. The number of carbonyl (C=O) groups is 1. The molecule has 2 aromatic rings. The third-order valence-electron chi connectivity index (χ3n) is 2.95. The van der Waals surface area contributed by atoms with E-state index in [1.807, 2.05) is 13.8 Å². The van der Waals surface area contributed by atoms with E-state index in [0.29, 0.717) is 16.4 Å². The van der Waals surface area contributed by atoms with E-state index in [1.54, 1.807) is 29.1 Å². The molecule has 0 spiro atoms. The number of nitrogen functional groups attached to an aromatic ring is 1. The van der Waals surface area contributed by atoms with E-state index in [2.05, 4.69) is 10.3 Å². The Bertz CT molecular complexity index is 621. The Morgan fingerprint density at radius 3 is 2.84 bits per heavy atom. The van der Waals surface area contributed by atoms with Crippen molar-refractivity contribution < 1.29 is 4.79 Å². The van der Waals surface area contributed by atoms with Gasteiger partial charge in [-0.1, -0.05) is 11.6 Å². The number of hydrogen-bond acceptors (Lipinski definition) is 3. The summed E-state index contributed by atoms with van der Waals surface area (Å²) in [6.45, 7) is 4.01. The molecular weight excluding hydrogens is 264 g/mol. The van der Waals surface area contributed by atoms with Crippen LogP contribution in [0, 0.1) is 13.8 Å². The van der Waals surface area contributed by atoms with Crippen LogP contribution in [0.2, 0.25) is 5.02 Å². The van der Waals surface area contributed by atoms with E-state index in [1.165, 1.54) is 0 Å². The van der Waals surface area contributed by atoms with E-state index >= 15 is 0 Å². The fraction of sp³-hybridized carbons (Fsp3) is 0.231. The molecule has 1 aromatic heterocycles. The molecule has 0 bridgehead atoms. The lowest BCUT2D eigenvalue weighted by Crippen LogP contribution is -2.19. The number of nitrogens with one attached hydrogen (secondary N) is 1. The van der Waals surface area contributed by atoms with Crippen LogP contribution >= 0.6 is 11.6 Å². The largest absolute Gasteiger partial charge is 0.397 e. The summed E-state index contributed by atoms with van der Waals surface area (Å²) < 4.78 is 1.78. The predicted octanol–water partition coefficient (Wildman–Crippen LogP) is 2.37.